The van der Waals surface area contributed by atoms with Crippen molar-refractivity contribution in [2.24, 2.45) is 5.41 Å². The van der Waals surface area contributed by atoms with E-state index in [1.807, 2.05) is 12.1 Å². The van der Waals surface area contributed by atoms with Gasteiger partial charge in [-0.1, -0.05) is 26.8 Å². The largest absolute Gasteiger partial charge is 0.311 e. The second kappa shape index (κ2) is 5.43. The molecule has 0 bridgehead atoms. The molecule has 3 rings (SSSR count). The Bertz CT molecular complexity index is 578. The highest BCUT2D eigenvalue weighted by atomic mass is 15.2. The highest BCUT2D eigenvalue weighted by Gasteiger charge is 2.32. The topological polar surface area (TPSA) is 32.6 Å². The molecule has 2 aromatic rings. The lowest BCUT2D eigenvalue weighted by molar-refractivity contribution is 0.0868. The van der Waals surface area contributed by atoms with Gasteiger partial charge in [-0.25, -0.2) is 4.98 Å². The molecule has 2 atom stereocenters. The number of piperazine rings is 1. The molecular weight excluding hydrogens is 260 g/mol. The number of pyridine rings is 1. The minimum absolute atomic E-state index is 0.289. The summed E-state index contributed by atoms with van der Waals surface area (Å²) in [5.74, 6) is 0. The van der Waals surface area contributed by atoms with Gasteiger partial charge in [-0.2, -0.15) is 0 Å². The maximum atomic E-state index is 4.73. The molecule has 1 fully saturated rings. The summed E-state index contributed by atoms with van der Waals surface area (Å²) in [6, 6.07) is 7.22. The van der Waals surface area contributed by atoms with E-state index in [0.29, 0.717) is 12.1 Å². The lowest BCUT2D eigenvalue weighted by atomic mass is 9.85. The van der Waals surface area contributed by atoms with E-state index >= 15 is 0 Å². The van der Waals surface area contributed by atoms with Gasteiger partial charge < -0.3 is 9.72 Å². The van der Waals surface area contributed by atoms with Crippen LogP contribution in [0, 0.1) is 5.41 Å². The number of fused-ring (bicyclic) bond motifs is 1. The van der Waals surface area contributed by atoms with Gasteiger partial charge in [0.2, 0.25) is 0 Å². The van der Waals surface area contributed by atoms with Crippen LogP contribution in [0.5, 0.6) is 0 Å². The van der Waals surface area contributed by atoms with Crippen molar-refractivity contribution in [3.8, 4) is 0 Å². The van der Waals surface area contributed by atoms with Gasteiger partial charge in [0.1, 0.15) is 5.65 Å². The van der Waals surface area contributed by atoms with Crippen LogP contribution in [0.4, 0.5) is 0 Å². The normalized spacial score (nSPS) is 24.6. The minimum Gasteiger partial charge on any atom is -0.311 e. The number of aromatic nitrogens is 2. The molecule has 2 aromatic heterocycles. The van der Waals surface area contributed by atoms with Crippen LogP contribution in [0.1, 0.15) is 33.4 Å². The molecule has 0 aliphatic carbocycles. The van der Waals surface area contributed by atoms with E-state index in [1.54, 1.807) is 0 Å². The fraction of sp³-hybridized carbons (Fsp3) is 0.588. The fourth-order valence-corrected chi connectivity index (χ4v) is 2.99. The Hall–Kier alpha value is -1.39. The molecule has 114 valence electrons. The molecule has 2 unspecified atom stereocenters. The van der Waals surface area contributed by atoms with Crippen LogP contribution in [0.2, 0.25) is 0 Å². The average molecular weight is 286 g/mol. The summed E-state index contributed by atoms with van der Waals surface area (Å²) in [6.07, 6.45) is 4.21. The Morgan fingerprint density at radius 2 is 2.14 bits per heavy atom. The van der Waals surface area contributed by atoms with Gasteiger partial charge in [-0.05, 0) is 24.5 Å². The van der Waals surface area contributed by atoms with E-state index in [-0.39, 0.29) is 5.41 Å². The molecule has 0 saturated carbocycles. The molecule has 3 heterocycles. The van der Waals surface area contributed by atoms with Crippen LogP contribution in [-0.2, 0) is 6.54 Å². The molecule has 1 aliphatic rings. The summed E-state index contributed by atoms with van der Waals surface area (Å²) in [5, 5.41) is 3.68. The number of nitrogens with one attached hydrogen (secondary N) is 1. The highest BCUT2D eigenvalue weighted by Crippen LogP contribution is 2.24. The van der Waals surface area contributed by atoms with E-state index in [4.69, 9.17) is 4.98 Å². The van der Waals surface area contributed by atoms with Crippen molar-refractivity contribution >= 4 is 5.65 Å². The zero-order valence-electron chi connectivity index (χ0n) is 13.5. The van der Waals surface area contributed by atoms with Crippen LogP contribution in [-0.4, -0.2) is 39.5 Å². The minimum atomic E-state index is 0.289. The number of imidazole rings is 1. The molecule has 1 aliphatic heterocycles. The van der Waals surface area contributed by atoms with Crippen molar-refractivity contribution < 1.29 is 0 Å². The summed E-state index contributed by atoms with van der Waals surface area (Å²) in [7, 11) is 0. The van der Waals surface area contributed by atoms with E-state index < -0.39 is 0 Å². The van der Waals surface area contributed by atoms with E-state index in [2.05, 4.69) is 60.8 Å². The van der Waals surface area contributed by atoms with E-state index in [9.17, 15) is 0 Å². The Morgan fingerprint density at radius 1 is 1.33 bits per heavy atom. The Morgan fingerprint density at radius 3 is 2.86 bits per heavy atom. The molecule has 4 nitrogen and oxygen atoms in total. The zero-order valence-corrected chi connectivity index (χ0v) is 13.5. The van der Waals surface area contributed by atoms with Crippen molar-refractivity contribution in [2.45, 2.75) is 46.3 Å². The number of nitrogens with zero attached hydrogens (tertiary/aromatic N) is 3. The highest BCUT2D eigenvalue weighted by molar-refractivity contribution is 5.39. The summed E-state index contributed by atoms with van der Waals surface area (Å²) in [4.78, 5) is 7.28. The van der Waals surface area contributed by atoms with Crippen LogP contribution >= 0.6 is 0 Å². The second-order valence-corrected chi connectivity index (χ2v) is 7.30. The average Bonchev–Trinajstić information content (AvgIpc) is 2.82. The first-order chi connectivity index (χ1) is 9.93. The molecule has 1 saturated heterocycles. The van der Waals surface area contributed by atoms with Crippen LogP contribution < -0.4 is 5.32 Å². The van der Waals surface area contributed by atoms with E-state index in [1.165, 1.54) is 0 Å². The molecular formula is C17H26N4. The van der Waals surface area contributed by atoms with Gasteiger partial charge in [-0.3, -0.25) is 4.90 Å². The molecule has 0 spiro atoms. The van der Waals surface area contributed by atoms with Crippen LogP contribution in [0.25, 0.3) is 5.65 Å². The predicted molar refractivity (Wildman–Crippen MR) is 86.3 cm³/mol. The van der Waals surface area contributed by atoms with Crippen LogP contribution in [0.3, 0.4) is 0 Å². The molecule has 0 amide bonds. The summed E-state index contributed by atoms with van der Waals surface area (Å²) < 4.78 is 2.10. The molecule has 0 radical (unpaired) electrons. The third-order valence-electron chi connectivity index (χ3n) is 4.52. The van der Waals surface area contributed by atoms with Gasteiger partial charge in [-0.15, -0.1) is 0 Å². The summed E-state index contributed by atoms with van der Waals surface area (Å²) in [6.45, 7) is 12.3. The third kappa shape index (κ3) is 3.11. The standard InChI is InChI=1S/C17H26N4/c1-13-9-18-15(17(2,3)4)12-21(13)11-14-10-20-8-6-5-7-16(20)19-14/h5-8,10,13,15,18H,9,11-12H2,1-4H3. The number of hydrogen-bond acceptors (Lipinski definition) is 3. The fourth-order valence-electron chi connectivity index (χ4n) is 2.99. The molecule has 1 N–H and O–H groups in total. The van der Waals surface area contributed by atoms with Gasteiger partial charge in [0, 0.05) is 44.1 Å². The van der Waals surface area contributed by atoms with Crippen LogP contribution in [0.15, 0.2) is 30.6 Å². The van der Waals surface area contributed by atoms with Crippen molar-refractivity contribution in [3.63, 3.8) is 0 Å². The molecule has 21 heavy (non-hydrogen) atoms. The van der Waals surface area contributed by atoms with Gasteiger partial charge in [0.15, 0.2) is 0 Å². The number of hydrogen-bond donors (Lipinski definition) is 1. The Labute approximate surface area is 127 Å². The SMILES string of the molecule is CC1CNC(C(C)(C)C)CN1Cc1cn2ccccc2n1. The second-order valence-electron chi connectivity index (χ2n) is 7.30. The smallest absolute Gasteiger partial charge is 0.137 e. The van der Waals surface area contributed by atoms with E-state index in [0.717, 1.165) is 31.0 Å². The lowest BCUT2D eigenvalue weighted by Gasteiger charge is -2.43. The van der Waals surface area contributed by atoms with Crippen molar-refractivity contribution in [3.05, 3.63) is 36.3 Å². The molecule has 4 heteroatoms. The summed E-state index contributed by atoms with van der Waals surface area (Å²) in [5.41, 5.74) is 2.47. The lowest BCUT2D eigenvalue weighted by Crippen LogP contribution is -2.59. The Balaban J connectivity index is 1.75. The van der Waals surface area contributed by atoms with Crippen molar-refractivity contribution in [2.75, 3.05) is 13.1 Å². The van der Waals surface area contributed by atoms with Crippen molar-refractivity contribution in [1.82, 2.24) is 19.6 Å². The van der Waals surface area contributed by atoms with Crippen molar-refractivity contribution in [1.29, 1.82) is 0 Å². The summed E-state index contributed by atoms with van der Waals surface area (Å²) >= 11 is 0. The maximum Gasteiger partial charge on any atom is 0.137 e. The quantitative estimate of drug-likeness (QED) is 0.921. The Kier molecular flexibility index (Phi) is 3.76. The van der Waals surface area contributed by atoms with Gasteiger partial charge >= 0.3 is 0 Å². The maximum absolute atomic E-state index is 4.73. The first-order valence-electron chi connectivity index (χ1n) is 7.83. The number of rotatable bonds is 2. The monoisotopic (exact) mass is 286 g/mol. The third-order valence-corrected chi connectivity index (χ3v) is 4.52. The van der Waals surface area contributed by atoms with Gasteiger partial charge in [0.05, 0.1) is 5.69 Å². The predicted octanol–water partition coefficient (Wildman–Crippen LogP) is 2.54. The first-order valence-corrected chi connectivity index (χ1v) is 7.83. The molecule has 0 aromatic carbocycles. The zero-order chi connectivity index (χ0) is 15.0. The first kappa shape index (κ1) is 14.5. The van der Waals surface area contributed by atoms with Gasteiger partial charge in [0.25, 0.3) is 0 Å².